The zero-order valence-electron chi connectivity index (χ0n) is 17.3. The fourth-order valence-corrected chi connectivity index (χ4v) is 3.78. The van der Waals surface area contributed by atoms with E-state index in [1.807, 2.05) is 60.4 Å². The van der Waals surface area contributed by atoms with Gasteiger partial charge in [-0.15, -0.1) is 0 Å². The molecule has 0 bridgehead atoms. The van der Waals surface area contributed by atoms with Crippen LogP contribution in [-0.2, 0) is 22.4 Å². The maximum absolute atomic E-state index is 12.6. The number of piperidine rings is 1. The summed E-state index contributed by atoms with van der Waals surface area (Å²) in [5.41, 5.74) is 3.36. The minimum absolute atomic E-state index is 0.0113. The molecule has 0 radical (unpaired) electrons. The highest BCUT2D eigenvalue weighted by Crippen LogP contribution is 2.19. The van der Waals surface area contributed by atoms with E-state index in [1.165, 1.54) is 0 Å². The summed E-state index contributed by atoms with van der Waals surface area (Å²) in [6, 6.07) is 15.9. The van der Waals surface area contributed by atoms with Gasteiger partial charge in [0.05, 0.1) is 13.5 Å². The molecule has 154 valence electrons. The molecular weight excluding hydrogens is 364 g/mol. The Hall–Kier alpha value is -2.82. The number of amides is 2. The van der Waals surface area contributed by atoms with Gasteiger partial charge in [-0.05, 0) is 55.0 Å². The molecule has 1 fully saturated rings. The fourth-order valence-electron chi connectivity index (χ4n) is 3.78. The topological polar surface area (TPSA) is 58.6 Å². The molecular formula is C24H30N2O3. The van der Waals surface area contributed by atoms with Crippen molar-refractivity contribution in [3.63, 3.8) is 0 Å². The van der Waals surface area contributed by atoms with E-state index in [2.05, 4.69) is 5.32 Å². The average Bonchev–Trinajstić information content (AvgIpc) is 2.75. The molecule has 3 rings (SSSR count). The zero-order valence-corrected chi connectivity index (χ0v) is 17.3. The molecule has 0 aliphatic carbocycles. The van der Waals surface area contributed by atoms with Crippen molar-refractivity contribution in [2.75, 3.05) is 26.7 Å². The molecule has 0 aromatic heterocycles. The van der Waals surface area contributed by atoms with Gasteiger partial charge in [0.2, 0.25) is 11.8 Å². The van der Waals surface area contributed by atoms with Crippen LogP contribution in [0.4, 0.5) is 0 Å². The molecule has 0 spiro atoms. The Morgan fingerprint density at radius 2 is 1.86 bits per heavy atom. The van der Waals surface area contributed by atoms with Crippen molar-refractivity contribution >= 4 is 11.8 Å². The summed E-state index contributed by atoms with van der Waals surface area (Å²) in [4.78, 5) is 27.0. The second-order valence-corrected chi connectivity index (χ2v) is 7.65. The van der Waals surface area contributed by atoms with Gasteiger partial charge in [0, 0.05) is 25.6 Å². The summed E-state index contributed by atoms with van der Waals surface area (Å²) in [5, 5.41) is 3.05. The highest BCUT2D eigenvalue weighted by Gasteiger charge is 2.27. The minimum atomic E-state index is -0.0113. The van der Waals surface area contributed by atoms with E-state index in [-0.39, 0.29) is 17.7 Å². The lowest BCUT2D eigenvalue weighted by Crippen LogP contribution is -2.43. The van der Waals surface area contributed by atoms with Crippen LogP contribution in [0.3, 0.4) is 0 Å². The van der Waals surface area contributed by atoms with Crippen molar-refractivity contribution in [1.29, 1.82) is 0 Å². The van der Waals surface area contributed by atoms with Crippen LogP contribution in [0.5, 0.6) is 5.75 Å². The molecule has 29 heavy (non-hydrogen) atoms. The summed E-state index contributed by atoms with van der Waals surface area (Å²) in [6.45, 7) is 3.94. The molecule has 2 amide bonds. The summed E-state index contributed by atoms with van der Waals surface area (Å²) < 4.78 is 5.23. The van der Waals surface area contributed by atoms with Crippen molar-refractivity contribution in [1.82, 2.24) is 10.2 Å². The van der Waals surface area contributed by atoms with Crippen molar-refractivity contribution in [2.45, 2.75) is 32.6 Å². The van der Waals surface area contributed by atoms with Crippen LogP contribution < -0.4 is 10.1 Å². The number of rotatable bonds is 7. The Labute approximate surface area is 173 Å². The fraction of sp³-hybridized carbons (Fsp3) is 0.417. The van der Waals surface area contributed by atoms with Gasteiger partial charge in [0.15, 0.2) is 0 Å². The van der Waals surface area contributed by atoms with Gasteiger partial charge >= 0.3 is 0 Å². The number of ether oxygens (including phenoxy) is 1. The van der Waals surface area contributed by atoms with Crippen molar-refractivity contribution in [3.05, 3.63) is 65.2 Å². The lowest BCUT2D eigenvalue weighted by Gasteiger charge is -2.31. The van der Waals surface area contributed by atoms with Crippen LogP contribution in [0.25, 0.3) is 0 Å². The molecule has 1 aliphatic rings. The number of benzene rings is 2. The Morgan fingerprint density at radius 3 is 2.59 bits per heavy atom. The Kier molecular flexibility index (Phi) is 7.28. The number of nitrogens with zero attached hydrogens (tertiary/aromatic N) is 1. The number of methoxy groups -OCH3 is 1. The third kappa shape index (κ3) is 5.83. The van der Waals surface area contributed by atoms with E-state index in [4.69, 9.17) is 4.74 Å². The second kappa shape index (κ2) is 10.1. The summed E-state index contributed by atoms with van der Waals surface area (Å²) >= 11 is 0. The first-order chi connectivity index (χ1) is 14.1. The van der Waals surface area contributed by atoms with Gasteiger partial charge in [-0.1, -0.05) is 36.4 Å². The third-order valence-electron chi connectivity index (χ3n) is 5.67. The smallest absolute Gasteiger partial charge is 0.226 e. The van der Waals surface area contributed by atoms with Gasteiger partial charge in [0.25, 0.3) is 0 Å². The maximum Gasteiger partial charge on any atom is 0.226 e. The molecule has 0 unspecified atom stereocenters. The van der Waals surface area contributed by atoms with Gasteiger partial charge in [-0.3, -0.25) is 9.59 Å². The van der Waals surface area contributed by atoms with E-state index in [1.54, 1.807) is 7.11 Å². The lowest BCUT2D eigenvalue weighted by atomic mass is 9.95. The van der Waals surface area contributed by atoms with Crippen LogP contribution in [0, 0.1) is 12.8 Å². The molecule has 5 nitrogen and oxygen atoms in total. The summed E-state index contributed by atoms with van der Waals surface area (Å²) in [5.74, 6) is 1.06. The molecule has 1 heterocycles. The zero-order chi connectivity index (χ0) is 20.6. The van der Waals surface area contributed by atoms with Crippen LogP contribution in [-0.4, -0.2) is 43.5 Å². The lowest BCUT2D eigenvalue weighted by molar-refractivity contribution is -0.135. The average molecular weight is 395 g/mol. The monoisotopic (exact) mass is 394 g/mol. The van der Waals surface area contributed by atoms with E-state index in [0.29, 0.717) is 26.1 Å². The molecule has 5 heteroatoms. The molecule has 0 atom stereocenters. The van der Waals surface area contributed by atoms with Crippen LogP contribution in [0.1, 0.15) is 29.5 Å². The Morgan fingerprint density at radius 1 is 1.10 bits per heavy atom. The van der Waals surface area contributed by atoms with E-state index < -0.39 is 0 Å². The van der Waals surface area contributed by atoms with Crippen molar-refractivity contribution < 1.29 is 14.3 Å². The standard InChI is InChI=1S/C24H30N2O3/c1-18-6-3-4-8-21(18)17-23(27)26-14-11-20(12-15-26)24(28)25-13-10-19-7-5-9-22(16-19)29-2/h3-9,16,20H,10-15,17H2,1-2H3,(H,25,28). The second-order valence-electron chi connectivity index (χ2n) is 7.65. The first-order valence-electron chi connectivity index (χ1n) is 10.3. The first kappa shape index (κ1) is 20.9. The molecule has 1 N–H and O–H groups in total. The van der Waals surface area contributed by atoms with Gasteiger partial charge < -0.3 is 15.0 Å². The van der Waals surface area contributed by atoms with E-state index in [0.717, 1.165) is 41.7 Å². The largest absolute Gasteiger partial charge is 0.497 e. The van der Waals surface area contributed by atoms with Crippen molar-refractivity contribution in [2.24, 2.45) is 5.92 Å². The highest BCUT2D eigenvalue weighted by atomic mass is 16.5. The molecule has 2 aromatic carbocycles. The molecule has 1 saturated heterocycles. The number of aryl methyl sites for hydroxylation is 1. The summed E-state index contributed by atoms with van der Waals surface area (Å²) in [6.07, 6.45) is 2.66. The number of likely N-dealkylation sites (tertiary alicyclic amines) is 1. The van der Waals surface area contributed by atoms with Gasteiger partial charge in [-0.25, -0.2) is 0 Å². The molecule has 1 aliphatic heterocycles. The van der Waals surface area contributed by atoms with E-state index >= 15 is 0 Å². The summed E-state index contributed by atoms with van der Waals surface area (Å²) in [7, 11) is 1.65. The van der Waals surface area contributed by atoms with Crippen LogP contribution >= 0.6 is 0 Å². The number of hydrogen-bond donors (Lipinski definition) is 1. The first-order valence-corrected chi connectivity index (χ1v) is 10.3. The third-order valence-corrected chi connectivity index (χ3v) is 5.67. The maximum atomic E-state index is 12.6. The van der Waals surface area contributed by atoms with Gasteiger partial charge in [-0.2, -0.15) is 0 Å². The van der Waals surface area contributed by atoms with Gasteiger partial charge in [0.1, 0.15) is 5.75 Å². The SMILES string of the molecule is COc1cccc(CCNC(=O)C2CCN(C(=O)Cc3ccccc3C)CC2)c1. The number of nitrogens with one attached hydrogen (secondary N) is 1. The number of hydrogen-bond acceptors (Lipinski definition) is 3. The van der Waals surface area contributed by atoms with Crippen molar-refractivity contribution in [3.8, 4) is 5.75 Å². The van der Waals surface area contributed by atoms with E-state index in [9.17, 15) is 9.59 Å². The Balaban J connectivity index is 1.41. The predicted molar refractivity (Wildman–Crippen MR) is 114 cm³/mol. The molecule has 2 aromatic rings. The normalized spacial score (nSPS) is 14.5. The predicted octanol–water partition coefficient (Wildman–Crippen LogP) is 3.14. The highest BCUT2D eigenvalue weighted by molar-refractivity contribution is 5.81. The molecule has 0 saturated carbocycles. The van der Waals surface area contributed by atoms with Crippen LogP contribution in [0.2, 0.25) is 0 Å². The minimum Gasteiger partial charge on any atom is -0.497 e. The number of carbonyl (C=O) groups excluding carboxylic acids is 2. The van der Waals surface area contributed by atoms with Crippen LogP contribution in [0.15, 0.2) is 48.5 Å². The quantitative estimate of drug-likeness (QED) is 0.785. The Bertz CT molecular complexity index is 842. The number of carbonyl (C=O) groups is 2.